The molecule has 1 atom stereocenters. The molecule has 1 aromatic carbocycles. The van der Waals surface area contributed by atoms with Crippen molar-refractivity contribution in [1.29, 1.82) is 0 Å². The third-order valence-corrected chi connectivity index (χ3v) is 4.03. The Morgan fingerprint density at radius 2 is 1.96 bits per heavy atom. The molecule has 0 saturated carbocycles. The number of carbonyl (C=O) groups excluding carboxylic acids is 1. The van der Waals surface area contributed by atoms with Crippen LogP contribution >= 0.6 is 0 Å². The third-order valence-electron chi connectivity index (χ3n) is 4.03. The number of ether oxygens (including phenoxy) is 2. The van der Waals surface area contributed by atoms with Crippen molar-refractivity contribution in [2.45, 2.75) is 25.4 Å². The first-order chi connectivity index (χ1) is 11.8. The van der Waals surface area contributed by atoms with Gasteiger partial charge in [0.25, 0.3) is 11.8 Å². The lowest BCUT2D eigenvalue weighted by Crippen LogP contribution is -2.45. The molecule has 0 bridgehead atoms. The van der Waals surface area contributed by atoms with Crippen LogP contribution in [0.15, 0.2) is 42.7 Å². The van der Waals surface area contributed by atoms with Crippen LogP contribution in [0.2, 0.25) is 0 Å². The average molecular weight is 327 g/mol. The van der Waals surface area contributed by atoms with Gasteiger partial charge in [-0.2, -0.15) is 0 Å². The van der Waals surface area contributed by atoms with E-state index in [9.17, 15) is 4.79 Å². The molecule has 1 aliphatic rings. The van der Waals surface area contributed by atoms with Crippen LogP contribution in [-0.2, 0) is 11.2 Å². The molecule has 2 aromatic rings. The summed E-state index contributed by atoms with van der Waals surface area (Å²) in [5.74, 6) is 0.869. The Balaban J connectivity index is 1.61. The SMILES string of the molecule is COc1nccnc1O[C@H]1CCCN(C(=O)Cc2ccccc2)C1. The minimum Gasteiger partial charge on any atom is -0.477 e. The van der Waals surface area contributed by atoms with Gasteiger partial charge in [-0.15, -0.1) is 0 Å². The van der Waals surface area contributed by atoms with Crippen molar-refractivity contribution in [3.05, 3.63) is 48.3 Å². The zero-order valence-electron chi connectivity index (χ0n) is 13.7. The Bertz CT molecular complexity index is 678. The number of carbonyl (C=O) groups is 1. The molecule has 1 aromatic heterocycles. The lowest BCUT2D eigenvalue weighted by atomic mass is 10.1. The molecule has 0 N–H and O–H groups in total. The molecule has 1 fully saturated rings. The van der Waals surface area contributed by atoms with Gasteiger partial charge >= 0.3 is 0 Å². The number of methoxy groups -OCH3 is 1. The molecule has 1 saturated heterocycles. The molecule has 6 heteroatoms. The maximum Gasteiger partial charge on any atom is 0.278 e. The van der Waals surface area contributed by atoms with E-state index in [0.29, 0.717) is 24.7 Å². The summed E-state index contributed by atoms with van der Waals surface area (Å²) < 4.78 is 11.1. The molecular formula is C18H21N3O3. The molecule has 126 valence electrons. The third kappa shape index (κ3) is 4.01. The Morgan fingerprint density at radius 1 is 1.21 bits per heavy atom. The fourth-order valence-corrected chi connectivity index (χ4v) is 2.83. The Hall–Kier alpha value is -2.63. The molecule has 6 nitrogen and oxygen atoms in total. The van der Waals surface area contributed by atoms with Crippen LogP contribution in [0.25, 0.3) is 0 Å². The van der Waals surface area contributed by atoms with Crippen LogP contribution in [0, 0.1) is 0 Å². The summed E-state index contributed by atoms with van der Waals surface area (Å²) in [6.07, 6.45) is 5.25. The number of likely N-dealkylation sites (tertiary alicyclic amines) is 1. The van der Waals surface area contributed by atoms with Gasteiger partial charge in [0.05, 0.1) is 20.1 Å². The van der Waals surface area contributed by atoms with E-state index in [4.69, 9.17) is 9.47 Å². The van der Waals surface area contributed by atoms with Crippen molar-refractivity contribution in [3.63, 3.8) is 0 Å². The second kappa shape index (κ2) is 7.77. The first-order valence-corrected chi connectivity index (χ1v) is 8.09. The van der Waals surface area contributed by atoms with Crippen LogP contribution < -0.4 is 9.47 Å². The summed E-state index contributed by atoms with van der Waals surface area (Å²) >= 11 is 0. The van der Waals surface area contributed by atoms with Crippen molar-refractivity contribution < 1.29 is 14.3 Å². The standard InChI is InChI=1S/C18H21N3O3/c1-23-17-18(20-10-9-19-17)24-15-8-5-11-21(13-15)16(22)12-14-6-3-2-4-7-14/h2-4,6-7,9-10,15H,5,8,11-13H2,1H3/t15-/m0/s1. The number of aromatic nitrogens is 2. The van der Waals surface area contributed by atoms with Gasteiger partial charge in [-0.25, -0.2) is 9.97 Å². The van der Waals surface area contributed by atoms with Crippen molar-refractivity contribution in [3.8, 4) is 11.8 Å². The van der Waals surface area contributed by atoms with Crippen LogP contribution in [0.5, 0.6) is 11.8 Å². The average Bonchev–Trinajstić information content (AvgIpc) is 2.63. The number of hydrogen-bond donors (Lipinski definition) is 0. The first kappa shape index (κ1) is 16.2. The van der Waals surface area contributed by atoms with Crippen LogP contribution in [0.3, 0.4) is 0 Å². The number of piperidine rings is 1. The van der Waals surface area contributed by atoms with E-state index in [1.165, 1.54) is 7.11 Å². The molecule has 0 radical (unpaired) electrons. The molecule has 0 spiro atoms. The van der Waals surface area contributed by atoms with Gasteiger partial charge in [0, 0.05) is 18.9 Å². The Labute approximate surface area is 141 Å². The largest absolute Gasteiger partial charge is 0.477 e. The highest BCUT2D eigenvalue weighted by molar-refractivity contribution is 5.78. The molecule has 3 rings (SSSR count). The van der Waals surface area contributed by atoms with Crippen LogP contribution in [-0.4, -0.2) is 47.1 Å². The normalized spacial score (nSPS) is 17.4. The molecule has 24 heavy (non-hydrogen) atoms. The highest BCUT2D eigenvalue weighted by atomic mass is 16.5. The second-order valence-electron chi connectivity index (χ2n) is 5.75. The highest BCUT2D eigenvalue weighted by Crippen LogP contribution is 2.24. The Kier molecular flexibility index (Phi) is 5.25. The van der Waals surface area contributed by atoms with E-state index in [1.807, 2.05) is 35.2 Å². The first-order valence-electron chi connectivity index (χ1n) is 8.09. The molecule has 1 aliphatic heterocycles. The van der Waals surface area contributed by atoms with Gasteiger partial charge in [0.1, 0.15) is 6.10 Å². The van der Waals surface area contributed by atoms with Gasteiger partial charge < -0.3 is 14.4 Å². The van der Waals surface area contributed by atoms with E-state index < -0.39 is 0 Å². The van der Waals surface area contributed by atoms with E-state index in [1.54, 1.807) is 12.4 Å². The van der Waals surface area contributed by atoms with Gasteiger partial charge in [-0.1, -0.05) is 30.3 Å². The number of rotatable bonds is 5. The van der Waals surface area contributed by atoms with E-state index in [0.717, 1.165) is 24.9 Å². The summed E-state index contributed by atoms with van der Waals surface area (Å²) in [4.78, 5) is 22.6. The quantitative estimate of drug-likeness (QED) is 0.841. The maximum absolute atomic E-state index is 12.5. The molecule has 2 heterocycles. The summed E-state index contributed by atoms with van der Waals surface area (Å²) in [5.41, 5.74) is 1.03. The molecule has 1 amide bonds. The zero-order valence-corrected chi connectivity index (χ0v) is 13.7. The summed E-state index contributed by atoms with van der Waals surface area (Å²) in [6.45, 7) is 1.33. The summed E-state index contributed by atoms with van der Waals surface area (Å²) in [7, 11) is 1.54. The topological polar surface area (TPSA) is 64.6 Å². The lowest BCUT2D eigenvalue weighted by Gasteiger charge is -2.32. The van der Waals surface area contributed by atoms with Gasteiger partial charge in [0.15, 0.2) is 0 Å². The number of amides is 1. The van der Waals surface area contributed by atoms with Crippen molar-refractivity contribution in [1.82, 2.24) is 14.9 Å². The van der Waals surface area contributed by atoms with Crippen LogP contribution in [0.4, 0.5) is 0 Å². The monoisotopic (exact) mass is 327 g/mol. The van der Waals surface area contributed by atoms with E-state index in [2.05, 4.69) is 9.97 Å². The van der Waals surface area contributed by atoms with Gasteiger partial charge in [-0.05, 0) is 18.4 Å². The molecule has 0 unspecified atom stereocenters. The predicted octanol–water partition coefficient (Wildman–Crippen LogP) is 2.10. The van der Waals surface area contributed by atoms with Crippen molar-refractivity contribution in [2.24, 2.45) is 0 Å². The summed E-state index contributed by atoms with van der Waals surface area (Å²) in [5, 5.41) is 0. The fraction of sp³-hybridized carbons (Fsp3) is 0.389. The van der Waals surface area contributed by atoms with Crippen LogP contribution in [0.1, 0.15) is 18.4 Å². The van der Waals surface area contributed by atoms with E-state index >= 15 is 0 Å². The van der Waals surface area contributed by atoms with Gasteiger partial charge in [0.2, 0.25) is 5.91 Å². The minimum absolute atomic E-state index is 0.0935. The zero-order chi connectivity index (χ0) is 16.8. The lowest BCUT2D eigenvalue weighted by molar-refractivity contribution is -0.133. The fourth-order valence-electron chi connectivity index (χ4n) is 2.83. The second-order valence-corrected chi connectivity index (χ2v) is 5.75. The summed E-state index contributed by atoms with van der Waals surface area (Å²) in [6, 6.07) is 9.80. The minimum atomic E-state index is -0.0935. The maximum atomic E-state index is 12.5. The molecule has 0 aliphatic carbocycles. The van der Waals surface area contributed by atoms with E-state index in [-0.39, 0.29) is 12.0 Å². The Morgan fingerprint density at radius 3 is 2.71 bits per heavy atom. The molecular weight excluding hydrogens is 306 g/mol. The number of benzene rings is 1. The highest BCUT2D eigenvalue weighted by Gasteiger charge is 2.26. The van der Waals surface area contributed by atoms with Crippen molar-refractivity contribution >= 4 is 5.91 Å². The number of nitrogens with zero attached hydrogens (tertiary/aromatic N) is 3. The van der Waals surface area contributed by atoms with Gasteiger partial charge in [-0.3, -0.25) is 4.79 Å². The van der Waals surface area contributed by atoms with Crippen molar-refractivity contribution in [2.75, 3.05) is 20.2 Å². The number of hydrogen-bond acceptors (Lipinski definition) is 5. The predicted molar refractivity (Wildman–Crippen MR) is 89.0 cm³/mol. The smallest absolute Gasteiger partial charge is 0.278 e.